The van der Waals surface area contributed by atoms with Crippen molar-refractivity contribution in [1.82, 2.24) is 10.4 Å². The van der Waals surface area contributed by atoms with Crippen LogP contribution in [0.5, 0.6) is 11.5 Å². The molecule has 8 heteroatoms. The molecule has 0 saturated carbocycles. The summed E-state index contributed by atoms with van der Waals surface area (Å²) in [7, 11) is 1.42. The van der Waals surface area contributed by atoms with Crippen LogP contribution in [0.3, 0.4) is 0 Å². The molecular formula is C21H16FN3O4. The normalized spacial score (nSPS) is 10.6. The predicted octanol–water partition coefficient (Wildman–Crippen LogP) is 3.21. The third-order valence-corrected chi connectivity index (χ3v) is 3.77. The number of hydrogen-bond donors (Lipinski definition) is 1. The lowest BCUT2D eigenvalue weighted by Gasteiger charge is -2.10. The molecular weight excluding hydrogens is 377 g/mol. The van der Waals surface area contributed by atoms with E-state index in [1.165, 1.54) is 50.0 Å². The predicted molar refractivity (Wildman–Crippen MR) is 104 cm³/mol. The summed E-state index contributed by atoms with van der Waals surface area (Å²) in [6, 6.07) is 13.0. The molecule has 0 radical (unpaired) electrons. The summed E-state index contributed by atoms with van der Waals surface area (Å²) >= 11 is 0. The zero-order valence-corrected chi connectivity index (χ0v) is 15.3. The lowest BCUT2D eigenvalue weighted by Crippen LogP contribution is -2.17. The Bertz CT molecular complexity index is 1050. The zero-order valence-electron chi connectivity index (χ0n) is 15.3. The maximum atomic E-state index is 13.3. The summed E-state index contributed by atoms with van der Waals surface area (Å²) in [5.41, 5.74) is 3.50. The number of carbonyl (C=O) groups excluding carboxylic acids is 2. The van der Waals surface area contributed by atoms with E-state index in [-0.39, 0.29) is 23.0 Å². The summed E-state index contributed by atoms with van der Waals surface area (Å²) in [5, 5.41) is 3.89. The molecule has 0 atom stereocenters. The second kappa shape index (κ2) is 9.23. The Morgan fingerprint density at radius 2 is 1.83 bits per heavy atom. The fourth-order valence-electron chi connectivity index (χ4n) is 2.36. The first-order chi connectivity index (χ1) is 14.1. The average molecular weight is 393 g/mol. The quantitative estimate of drug-likeness (QED) is 0.301. The van der Waals surface area contributed by atoms with Crippen LogP contribution in [0.1, 0.15) is 26.3 Å². The molecule has 0 saturated heterocycles. The van der Waals surface area contributed by atoms with E-state index in [9.17, 15) is 14.0 Å². The van der Waals surface area contributed by atoms with Gasteiger partial charge in [-0.1, -0.05) is 6.07 Å². The maximum absolute atomic E-state index is 13.3. The molecule has 0 fully saturated rings. The molecule has 0 spiro atoms. The first-order valence-corrected chi connectivity index (χ1v) is 8.46. The van der Waals surface area contributed by atoms with Crippen LogP contribution in [0.25, 0.3) is 0 Å². The molecule has 0 bridgehead atoms. The van der Waals surface area contributed by atoms with Gasteiger partial charge in [0, 0.05) is 18.0 Å². The Morgan fingerprint density at radius 3 is 2.55 bits per heavy atom. The lowest BCUT2D eigenvalue weighted by molar-refractivity contribution is 0.0729. The van der Waals surface area contributed by atoms with E-state index in [1.54, 1.807) is 24.3 Å². The second-order valence-corrected chi connectivity index (χ2v) is 5.75. The average Bonchev–Trinajstić information content (AvgIpc) is 2.75. The van der Waals surface area contributed by atoms with Gasteiger partial charge >= 0.3 is 5.97 Å². The highest BCUT2D eigenvalue weighted by Crippen LogP contribution is 2.28. The van der Waals surface area contributed by atoms with Crippen molar-refractivity contribution in [3.8, 4) is 11.5 Å². The van der Waals surface area contributed by atoms with Gasteiger partial charge in [-0.2, -0.15) is 5.10 Å². The largest absolute Gasteiger partial charge is 0.493 e. The Kier molecular flexibility index (Phi) is 6.26. The number of ether oxygens (including phenoxy) is 2. The maximum Gasteiger partial charge on any atom is 0.343 e. The van der Waals surface area contributed by atoms with Crippen LogP contribution in [0, 0.1) is 5.82 Å². The van der Waals surface area contributed by atoms with Crippen molar-refractivity contribution in [1.29, 1.82) is 0 Å². The molecule has 146 valence electrons. The van der Waals surface area contributed by atoms with Crippen molar-refractivity contribution >= 4 is 18.1 Å². The highest BCUT2D eigenvalue weighted by molar-refractivity contribution is 5.95. The van der Waals surface area contributed by atoms with E-state index < -0.39 is 11.8 Å². The van der Waals surface area contributed by atoms with Gasteiger partial charge in [0.15, 0.2) is 11.5 Å². The molecule has 0 aliphatic rings. The number of hydrazone groups is 1. The first-order valence-electron chi connectivity index (χ1n) is 8.46. The first kappa shape index (κ1) is 19.7. The number of carbonyl (C=O) groups is 2. The number of esters is 1. The van der Waals surface area contributed by atoms with Gasteiger partial charge in [-0.15, -0.1) is 0 Å². The minimum atomic E-state index is -0.714. The van der Waals surface area contributed by atoms with Crippen LogP contribution < -0.4 is 14.9 Å². The van der Waals surface area contributed by atoms with E-state index in [0.717, 1.165) is 6.07 Å². The minimum Gasteiger partial charge on any atom is -0.493 e. The van der Waals surface area contributed by atoms with Gasteiger partial charge in [0.2, 0.25) is 0 Å². The molecule has 1 N–H and O–H groups in total. The number of halogens is 1. The van der Waals surface area contributed by atoms with E-state index in [4.69, 9.17) is 9.47 Å². The fraction of sp³-hybridized carbons (Fsp3) is 0.0476. The Morgan fingerprint density at radius 1 is 1.03 bits per heavy atom. The summed E-state index contributed by atoms with van der Waals surface area (Å²) in [4.78, 5) is 27.9. The molecule has 0 aliphatic carbocycles. The van der Waals surface area contributed by atoms with Gasteiger partial charge in [0.05, 0.1) is 18.9 Å². The summed E-state index contributed by atoms with van der Waals surface area (Å²) in [5.74, 6) is -1.18. The molecule has 2 aromatic carbocycles. The van der Waals surface area contributed by atoms with Crippen molar-refractivity contribution in [2.75, 3.05) is 7.11 Å². The van der Waals surface area contributed by atoms with Crippen LogP contribution in [0.4, 0.5) is 4.39 Å². The lowest BCUT2D eigenvalue weighted by atomic mass is 10.2. The second-order valence-electron chi connectivity index (χ2n) is 5.75. The van der Waals surface area contributed by atoms with Gasteiger partial charge in [0.1, 0.15) is 5.82 Å². The van der Waals surface area contributed by atoms with E-state index in [2.05, 4.69) is 15.5 Å². The Balaban J connectivity index is 1.68. The van der Waals surface area contributed by atoms with Gasteiger partial charge < -0.3 is 9.47 Å². The third kappa shape index (κ3) is 5.23. The van der Waals surface area contributed by atoms with Crippen molar-refractivity contribution in [2.45, 2.75) is 0 Å². The van der Waals surface area contributed by atoms with Crippen molar-refractivity contribution in [3.05, 3.63) is 89.5 Å². The molecule has 0 aliphatic heterocycles. The van der Waals surface area contributed by atoms with Crippen molar-refractivity contribution in [2.24, 2.45) is 5.10 Å². The summed E-state index contributed by atoms with van der Waals surface area (Å²) in [6.07, 6.45) is 4.43. The van der Waals surface area contributed by atoms with Crippen LogP contribution in [-0.4, -0.2) is 30.2 Å². The number of pyridine rings is 1. The molecule has 1 aromatic heterocycles. The fourth-order valence-corrected chi connectivity index (χ4v) is 2.36. The Hall–Kier alpha value is -4.07. The van der Waals surface area contributed by atoms with E-state index in [0.29, 0.717) is 11.1 Å². The monoisotopic (exact) mass is 393 g/mol. The minimum absolute atomic E-state index is 0.0801. The molecule has 29 heavy (non-hydrogen) atoms. The number of rotatable bonds is 6. The number of benzene rings is 2. The van der Waals surface area contributed by atoms with Gasteiger partial charge in [-0.3, -0.25) is 9.78 Å². The van der Waals surface area contributed by atoms with Crippen molar-refractivity contribution < 1.29 is 23.5 Å². The van der Waals surface area contributed by atoms with Crippen LogP contribution in [0.15, 0.2) is 72.1 Å². The van der Waals surface area contributed by atoms with Crippen molar-refractivity contribution in [3.63, 3.8) is 0 Å². The standard InChI is InChI=1S/C21H16FN3O4/c1-28-19-11-14(13-24-25-20(26)15-7-9-23-10-8-15)5-6-18(19)29-21(27)16-3-2-4-17(22)12-16/h2-13H,1H3,(H,25,26)/b24-13+. The van der Waals surface area contributed by atoms with E-state index >= 15 is 0 Å². The van der Waals surface area contributed by atoms with E-state index in [1.807, 2.05) is 0 Å². The molecule has 0 unspecified atom stereocenters. The SMILES string of the molecule is COc1cc(/C=N/NC(=O)c2ccncc2)ccc1OC(=O)c1cccc(F)c1. The summed E-state index contributed by atoms with van der Waals surface area (Å²) < 4.78 is 23.8. The van der Waals surface area contributed by atoms with Crippen LogP contribution in [0.2, 0.25) is 0 Å². The van der Waals surface area contributed by atoms with Crippen LogP contribution >= 0.6 is 0 Å². The number of nitrogens with one attached hydrogen (secondary N) is 1. The number of hydrogen-bond acceptors (Lipinski definition) is 6. The molecule has 3 rings (SSSR count). The van der Waals surface area contributed by atoms with Gasteiger partial charge in [0.25, 0.3) is 5.91 Å². The zero-order chi connectivity index (χ0) is 20.6. The number of nitrogens with zero attached hydrogens (tertiary/aromatic N) is 2. The van der Waals surface area contributed by atoms with Gasteiger partial charge in [-0.05, 0) is 54.1 Å². The summed E-state index contributed by atoms with van der Waals surface area (Å²) in [6.45, 7) is 0. The Labute approximate surface area is 165 Å². The van der Waals surface area contributed by atoms with Crippen LogP contribution in [-0.2, 0) is 0 Å². The molecule has 7 nitrogen and oxygen atoms in total. The highest BCUT2D eigenvalue weighted by Gasteiger charge is 2.13. The molecule has 3 aromatic rings. The highest BCUT2D eigenvalue weighted by atomic mass is 19.1. The topological polar surface area (TPSA) is 89.9 Å². The smallest absolute Gasteiger partial charge is 0.343 e. The number of methoxy groups -OCH3 is 1. The molecule has 1 amide bonds. The molecule has 1 heterocycles. The number of amides is 1. The number of aromatic nitrogens is 1. The third-order valence-electron chi connectivity index (χ3n) is 3.77. The van der Waals surface area contributed by atoms with Gasteiger partial charge in [-0.25, -0.2) is 14.6 Å².